The first-order chi connectivity index (χ1) is 9.13. The molecule has 98 valence electrons. The molecule has 0 aliphatic heterocycles. The molecule has 0 saturated carbocycles. The van der Waals surface area contributed by atoms with E-state index in [9.17, 15) is 0 Å². The van der Waals surface area contributed by atoms with Gasteiger partial charge in [0.25, 0.3) is 0 Å². The number of para-hydroxylation sites is 1. The summed E-state index contributed by atoms with van der Waals surface area (Å²) in [5.74, 6) is 0. The fourth-order valence-corrected chi connectivity index (χ4v) is 2.91. The van der Waals surface area contributed by atoms with E-state index in [1.54, 1.807) is 0 Å². The maximum absolute atomic E-state index is 5.80. The molecule has 0 saturated heterocycles. The van der Waals surface area contributed by atoms with Gasteiger partial charge in [0.2, 0.25) is 0 Å². The van der Waals surface area contributed by atoms with Gasteiger partial charge in [-0.25, -0.2) is 0 Å². The number of halogens is 1. The molecule has 3 N–H and O–H groups in total. The fourth-order valence-electron chi connectivity index (χ4n) is 1.97. The molecule has 0 aliphatic rings. The van der Waals surface area contributed by atoms with E-state index in [0.717, 1.165) is 27.8 Å². The molecule has 0 aliphatic carbocycles. The molecule has 0 unspecified atom stereocenters. The number of hydrogen-bond acceptors (Lipinski definition) is 2. The molecule has 0 atom stereocenters. The van der Waals surface area contributed by atoms with Crippen LogP contribution >= 0.6 is 28.1 Å². The Labute approximate surface area is 127 Å². The molecule has 2 rings (SSSR count). The van der Waals surface area contributed by atoms with Crippen LogP contribution in [0.3, 0.4) is 0 Å². The lowest BCUT2D eigenvalue weighted by atomic mass is 10.1. The molecule has 0 heterocycles. The topological polar surface area (TPSA) is 38.0 Å². The summed E-state index contributed by atoms with van der Waals surface area (Å²) in [7, 11) is 0. The summed E-state index contributed by atoms with van der Waals surface area (Å²) in [6, 6.07) is 14.1. The molecule has 0 radical (unpaired) electrons. The first kappa shape index (κ1) is 14.0. The summed E-state index contributed by atoms with van der Waals surface area (Å²) in [6.45, 7) is 2.13. The Kier molecular flexibility index (Phi) is 4.56. The van der Waals surface area contributed by atoms with E-state index in [1.807, 2.05) is 30.3 Å². The van der Waals surface area contributed by atoms with Gasteiger partial charge in [-0.1, -0.05) is 43.4 Å². The minimum atomic E-state index is 0.379. The van der Waals surface area contributed by atoms with Gasteiger partial charge in [-0.2, -0.15) is 0 Å². The Bertz CT molecular complexity index is 611. The number of nitrogens with one attached hydrogen (secondary N) is 1. The number of rotatable bonds is 4. The van der Waals surface area contributed by atoms with Crippen molar-refractivity contribution in [2.24, 2.45) is 5.73 Å². The molecule has 0 fully saturated rings. The Morgan fingerprint density at radius 3 is 2.53 bits per heavy atom. The van der Waals surface area contributed by atoms with Crippen LogP contribution in [-0.2, 0) is 6.42 Å². The fraction of sp³-hybridized carbons (Fsp3) is 0.133. The van der Waals surface area contributed by atoms with Gasteiger partial charge < -0.3 is 11.1 Å². The summed E-state index contributed by atoms with van der Waals surface area (Å²) in [5.41, 5.74) is 9.90. The lowest BCUT2D eigenvalue weighted by Crippen LogP contribution is -2.13. The number of thiocarbonyl (C=S) groups is 1. The van der Waals surface area contributed by atoms with Crippen molar-refractivity contribution in [2.75, 3.05) is 5.32 Å². The predicted molar refractivity (Wildman–Crippen MR) is 89.1 cm³/mol. The van der Waals surface area contributed by atoms with E-state index in [-0.39, 0.29) is 0 Å². The van der Waals surface area contributed by atoms with Crippen LogP contribution in [0.4, 0.5) is 11.4 Å². The second-order valence-corrected chi connectivity index (χ2v) is 5.46. The number of hydrogen-bond donors (Lipinski definition) is 2. The van der Waals surface area contributed by atoms with Gasteiger partial charge in [0.1, 0.15) is 4.99 Å². The van der Waals surface area contributed by atoms with Gasteiger partial charge in [0.15, 0.2) is 0 Å². The average Bonchev–Trinajstić information content (AvgIpc) is 2.39. The van der Waals surface area contributed by atoms with Crippen LogP contribution < -0.4 is 11.1 Å². The lowest BCUT2D eigenvalue weighted by molar-refractivity contribution is 1.14. The first-order valence-corrected chi connectivity index (χ1v) is 7.27. The number of benzene rings is 2. The minimum absolute atomic E-state index is 0.379. The van der Waals surface area contributed by atoms with Crippen molar-refractivity contribution in [1.82, 2.24) is 0 Å². The first-order valence-electron chi connectivity index (χ1n) is 6.06. The van der Waals surface area contributed by atoms with Gasteiger partial charge >= 0.3 is 0 Å². The van der Waals surface area contributed by atoms with Crippen molar-refractivity contribution in [3.8, 4) is 0 Å². The van der Waals surface area contributed by atoms with Crippen LogP contribution in [0.15, 0.2) is 46.9 Å². The highest BCUT2D eigenvalue weighted by Crippen LogP contribution is 2.29. The van der Waals surface area contributed by atoms with Crippen LogP contribution in [0.2, 0.25) is 0 Å². The van der Waals surface area contributed by atoms with Gasteiger partial charge in [-0.15, -0.1) is 0 Å². The zero-order valence-electron chi connectivity index (χ0n) is 10.6. The summed E-state index contributed by atoms with van der Waals surface area (Å²) in [6.07, 6.45) is 0.972. The Balaban J connectivity index is 2.44. The van der Waals surface area contributed by atoms with Gasteiger partial charge in [-0.3, -0.25) is 0 Å². The van der Waals surface area contributed by atoms with Crippen LogP contribution in [-0.4, -0.2) is 4.99 Å². The average molecular weight is 335 g/mol. The molecule has 2 aromatic carbocycles. The van der Waals surface area contributed by atoms with Crippen LogP contribution in [0, 0.1) is 0 Å². The molecule has 2 nitrogen and oxygen atoms in total. The zero-order chi connectivity index (χ0) is 13.8. The molecule has 0 amide bonds. The van der Waals surface area contributed by atoms with Crippen LogP contribution in [0.1, 0.15) is 18.1 Å². The van der Waals surface area contributed by atoms with E-state index < -0.39 is 0 Å². The Morgan fingerprint density at radius 1 is 1.16 bits per heavy atom. The van der Waals surface area contributed by atoms with E-state index in [4.69, 9.17) is 18.0 Å². The third kappa shape index (κ3) is 3.14. The molecule has 4 heteroatoms. The van der Waals surface area contributed by atoms with Gasteiger partial charge in [0, 0.05) is 21.4 Å². The van der Waals surface area contributed by atoms with E-state index in [2.05, 4.69) is 40.3 Å². The molecule has 2 aromatic rings. The minimum Gasteiger partial charge on any atom is -0.389 e. The second-order valence-electron chi connectivity index (χ2n) is 4.16. The maximum Gasteiger partial charge on any atom is 0.107 e. The standard InChI is InChI=1S/C15H15BrN2S/c1-2-10-6-3-4-8-12(10)18-13-9-5-7-11(16)14(13)15(17)19/h3-9,18H,2H2,1H3,(H2,17,19). The van der Waals surface area contributed by atoms with Crippen LogP contribution in [0.5, 0.6) is 0 Å². The van der Waals surface area contributed by atoms with Crippen molar-refractivity contribution in [1.29, 1.82) is 0 Å². The number of nitrogens with two attached hydrogens (primary N) is 1. The lowest BCUT2D eigenvalue weighted by Gasteiger charge is -2.15. The summed E-state index contributed by atoms with van der Waals surface area (Å²) in [4.78, 5) is 0.379. The van der Waals surface area contributed by atoms with E-state index in [1.165, 1.54) is 5.56 Å². The van der Waals surface area contributed by atoms with Gasteiger partial charge in [0.05, 0.1) is 0 Å². The van der Waals surface area contributed by atoms with Crippen molar-refractivity contribution in [2.45, 2.75) is 13.3 Å². The number of anilines is 2. The normalized spacial score (nSPS) is 10.2. The summed E-state index contributed by atoms with van der Waals surface area (Å²) in [5, 5.41) is 3.42. The van der Waals surface area contributed by atoms with E-state index >= 15 is 0 Å². The molecule has 19 heavy (non-hydrogen) atoms. The van der Waals surface area contributed by atoms with Gasteiger partial charge in [-0.05, 0) is 46.1 Å². The smallest absolute Gasteiger partial charge is 0.107 e. The SMILES string of the molecule is CCc1ccccc1Nc1cccc(Br)c1C(N)=S. The molecule has 0 aromatic heterocycles. The van der Waals surface area contributed by atoms with E-state index in [0.29, 0.717) is 4.99 Å². The van der Waals surface area contributed by atoms with Crippen LogP contribution in [0.25, 0.3) is 0 Å². The highest BCUT2D eigenvalue weighted by Gasteiger charge is 2.10. The molecular weight excluding hydrogens is 320 g/mol. The molecule has 0 bridgehead atoms. The monoisotopic (exact) mass is 334 g/mol. The largest absolute Gasteiger partial charge is 0.389 e. The Hall–Kier alpha value is -1.39. The highest BCUT2D eigenvalue weighted by molar-refractivity contribution is 9.10. The third-order valence-electron chi connectivity index (χ3n) is 2.93. The maximum atomic E-state index is 5.80. The Morgan fingerprint density at radius 2 is 1.84 bits per heavy atom. The summed E-state index contributed by atoms with van der Waals surface area (Å²) >= 11 is 8.61. The van der Waals surface area contributed by atoms with Crippen molar-refractivity contribution < 1.29 is 0 Å². The zero-order valence-corrected chi connectivity index (χ0v) is 13.0. The quantitative estimate of drug-likeness (QED) is 0.814. The molecular formula is C15H15BrN2S. The molecule has 0 spiro atoms. The third-order valence-corrected chi connectivity index (χ3v) is 3.79. The van der Waals surface area contributed by atoms with Crippen molar-refractivity contribution in [3.63, 3.8) is 0 Å². The second kappa shape index (κ2) is 6.17. The van der Waals surface area contributed by atoms with Crippen molar-refractivity contribution >= 4 is 44.5 Å². The predicted octanol–water partition coefficient (Wildman–Crippen LogP) is 4.39. The highest BCUT2D eigenvalue weighted by atomic mass is 79.9. The summed E-state index contributed by atoms with van der Waals surface area (Å²) < 4.78 is 0.902. The number of aryl methyl sites for hydroxylation is 1. The van der Waals surface area contributed by atoms with Crippen molar-refractivity contribution in [3.05, 3.63) is 58.1 Å².